The van der Waals surface area contributed by atoms with Gasteiger partial charge in [-0.05, 0) is 39.8 Å². The highest BCUT2D eigenvalue weighted by atomic mass is 32.2. The van der Waals surface area contributed by atoms with Gasteiger partial charge in [0.05, 0.1) is 22.3 Å². The zero-order chi connectivity index (χ0) is 19.6. The second-order valence-electron chi connectivity index (χ2n) is 6.28. The van der Waals surface area contributed by atoms with Gasteiger partial charge < -0.3 is 10.6 Å². The Morgan fingerprint density at radius 3 is 2.52 bits per heavy atom. The fraction of sp³-hybridized carbons (Fsp3) is 0.333. The molecule has 2 heterocycles. The Balaban J connectivity index is 1.60. The molecule has 0 spiro atoms. The highest BCUT2D eigenvalue weighted by Gasteiger charge is 2.20. The summed E-state index contributed by atoms with van der Waals surface area (Å²) in [4.78, 5) is 12.5. The number of benzene rings is 1. The van der Waals surface area contributed by atoms with Crippen LogP contribution in [0.1, 0.15) is 23.9 Å². The first-order valence-corrected chi connectivity index (χ1v) is 10.2. The quantitative estimate of drug-likeness (QED) is 0.605. The predicted octanol–water partition coefficient (Wildman–Crippen LogP) is 4.06. The van der Waals surface area contributed by atoms with Gasteiger partial charge in [-0.2, -0.15) is 5.10 Å². The number of nitrogens with one attached hydrogen (secondary N) is 2. The SMILES string of the molecule is Cc1ccc(Nc2nnc(S[C@H](C)C(=O)Nc3c(C)nn(C)c3C)s2)cc1. The number of carbonyl (C=O) groups is 1. The van der Waals surface area contributed by atoms with E-state index in [4.69, 9.17) is 0 Å². The van der Waals surface area contributed by atoms with Gasteiger partial charge in [-0.1, -0.05) is 40.8 Å². The lowest BCUT2D eigenvalue weighted by molar-refractivity contribution is -0.115. The Morgan fingerprint density at radius 2 is 1.89 bits per heavy atom. The van der Waals surface area contributed by atoms with Crippen LogP contribution in [0.25, 0.3) is 0 Å². The summed E-state index contributed by atoms with van der Waals surface area (Å²) in [6.07, 6.45) is 0. The van der Waals surface area contributed by atoms with Gasteiger partial charge in [0.1, 0.15) is 0 Å². The van der Waals surface area contributed by atoms with Crippen molar-refractivity contribution in [3.8, 4) is 0 Å². The lowest BCUT2D eigenvalue weighted by atomic mass is 10.2. The molecule has 0 aliphatic carbocycles. The Labute approximate surface area is 166 Å². The molecule has 1 atom stereocenters. The average Bonchev–Trinajstić information content (AvgIpc) is 3.16. The van der Waals surface area contributed by atoms with E-state index in [-0.39, 0.29) is 11.2 Å². The summed E-state index contributed by atoms with van der Waals surface area (Å²) in [6.45, 7) is 7.72. The van der Waals surface area contributed by atoms with Crippen LogP contribution in [0.4, 0.5) is 16.5 Å². The molecule has 1 amide bonds. The molecule has 142 valence electrons. The molecule has 9 heteroatoms. The third-order valence-corrected chi connectivity index (χ3v) is 6.14. The molecule has 3 aromatic rings. The monoisotopic (exact) mass is 402 g/mol. The maximum Gasteiger partial charge on any atom is 0.237 e. The molecule has 0 bridgehead atoms. The number of thioether (sulfide) groups is 1. The zero-order valence-electron chi connectivity index (χ0n) is 15.9. The van der Waals surface area contributed by atoms with E-state index in [1.54, 1.807) is 4.68 Å². The topological polar surface area (TPSA) is 84.7 Å². The van der Waals surface area contributed by atoms with Crippen molar-refractivity contribution in [1.82, 2.24) is 20.0 Å². The van der Waals surface area contributed by atoms with Gasteiger partial charge in [0, 0.05) is 12.7 Å². The van der Waals surface area contributed by atoms with Crippen molar-refractivity contribution in [2.24, 2.45) is 7.05 Å². The highest BCUT2D eigenvalue weighted by molar-refractivity contribution is 8.02. The predicted molar refractivity (Wildman–Crippen MR) is 111 cm³/mol. The second kappa shape index (κ2) is 8.10. The molecule has 0 aliphatic rings. The van der Waals surface area contributed by atoms with Crippen LogP contribution in [0.15, 0.2) is 28.6 Å². The molecule has 2 aromatic heterocycles. The molecule has 2 N–H and O–H groups in total. The Kier molecular flexibility index (Phi) is 5.81. The maximum atomic E-state index is 12.5. The standard InChI is InChI=1S/C18H22N6OS2/c1-10-6-8-14(9-7-10)19-17-21-22-18(27-17)26-13(4)16(25)20-15-11(2)23-24(5)12(15)3/h6-9,13H,1-5H3,(H,19,21)(H,20,25)/t13-/m1/s1. The first-order valence-electron chi connectivity index (χ1n) is 8.48. The number of hydrogen-bond acceptors (Lipinski definition) is 7. The molecule has 7 nitrogen and oxygen atoms in total. The number of carbonyl (C=O) groups excluding carboxylic acids is 1. The first-order chi connectivity index (χ1) is 12.8. The molecular formula is C18H22N6OS2. The van der Waals surface area contributed by atoms with Crippen molar-refractivity contribution in [1.29, 1.82) is 0 Å². The number of rotatable bonds is 6. The summed E-state index contributed by atoms with van der Waals surface area (Å²) in [5.41, 5.74) is 4.67. The van der Waals surface area contributed by atoms with E-state index in [1.165, 1.54) is 28.7 Å². The molecule has 0 saturated carbocycles. The van der Waals surface area contributed by atoms with Gasteiger partial charge in [-0.25, -0.2) is 0 Å². The number of aryl methyl sites for hydroxylation is 3. The number of aromatic nitrogens is 4. The van der Waals surface area contributed by atoms with Crippen LogP contribution in [0.5, 0.6) is 0 Å². The molecule has 0 fully saturated rings. The van der Waals surface area contributed by atoms with Gasteiger partial charge in [-0.15, -0.1) is 10.2 Å². The summed E-state index contributed by atoms with van der Waals surface area (Å²) in [5.74, 6) is -0.0811. The van der Waals surface area contributed by atoms with E-state index in [0.717, 1.165) is 27.1 Å². The third-order valence-electron chi connectivity index (χ3n) is 4.11. The number of anilines is 3. The van der Waals surface area contributed by atoms with Gasteiger partial charge in [-0.3, -0.25) is 9.48 Å². The molecule has 3 rings (SSSR count). The van der Waals surface area contributed by atoms with E-state index in [9.17, 15) is 4.79 Å². The van der Waals surface area contributed by atoms with Crippen molar-refractivity contribution >= 4 is 45.5 Å². The van der Waals surface area contributed by atoms with Gasteiger partial charge in [0.25, 0.3) is 0 Å². The summed E-state index contributed by atoms with van der Waals surface area (Å²) in [6, 6.07) is 8.07. The molecule has 0 unspecified atom stereocenters. The summed E-state index contributed by atoms with van der Waals surface area (Å²) < 4.78 is 2.50. The summed E-state index contributed by atoms with van der Waals surface area (Å²) in [5, 5.41) is 19.2. The molecule has 27 heavy (non-hydrogen) atoms. The smallest absolute Gasteiger partial charge is 0.237 e. The molecule has 0 radical (unpaired) electrons. The second-order valence-corrected chi connectivity index (χ2v) is 8.85. The van der Waals surface area contributed by atoms with Gasteiger partial charge in [0.2, 0.25) is 11.0 Å². The summed E-state index contributed by atoms with van der Waals surface area (Å²) in [7, 11) is 1.86. The van der Waals surface area contributed by atoms with Crippen molar-refractivity contribution in [2.75, 3.05) is 10.6 Å². The fourth-order valence-corrected chi connectivity index (χ4v) is 4.37. The van der Waals surface area contributed by atoms with E-state index in [2.05, 4.69) is 25.9 Å². The largest absolute Gasteiger partial charge is 0.330 e. The van der Waals surface area contributed by atoms with Crippen LogP contribution < -0.4 is 10.6 Å². The van der Waals surface area contributed by atoms with E-state index >= 15 is 0 Å². The van der Waals surface area contributed by atoms with Crippen LogP contribution in [0.3, 0.4) is 0 Å². The fourth-order valence-electron chi connectivity index (χ4n) is 2.45. The van der Waals surface area contributed by atoms with Crippen LogP contribution in [-0.4, -0.2) is 31.1 Å². The molecule has 0 aliphatic heterocycles. The Bertz CT molecular complexity index is 947. The van der Waals surface area contributed by atoms with Gasteiger partial charge in [0.15, 0.2) is 4.34 Å². The van der Waals surface area contributed by atoms with Crippen molar-refractivity contribution in [3.05, 3.63) is 41.2 Å². The minimum atomic E-state index is -0.302. The lowest BCUT2D eigenvalue weighted by Crippen LogP contribution is -2.23. The van der Waals surface area contributed by atoms with Crippen LogP contribution in [0, 0.1) is 20.8 Å². The Hall–Kier alpha value is -2.39. The molecule has 0 saturated heterocycles. The van der Waals surface area contributed by atoms with Gasteiger partial charge >= 0.3 is 0 Å². The van der Waals surface area contributed by atoms with E-state index < -0.39 is 0 Å². The third kappa shape index (κ3) is 4.67. The number of amides is 1. The lowest BCUT2D eigenvalue weighted by Gasteiger charge is -2.10. The minimum Gasteiger partial charge on any atom is -0.330 e. The van der Waals surface area contributed by atoms with Crippen LogP contribution in [-0.2, 0) is 11.8 Å². The van der Waals surface area contributed by atoms with Crippen LogP contribution >= 0.6 is 23.1 Å². The van der Waals surface area contributed by atoms with E-state index in [0.29, 0.717) is 5.13 Å². The number of nitrogens with zero attached hydrogens (tertiary/aromatic N) is 4. The average molecular weight is 403 g/mol. The zero-order valence-corrected chi connectivity index (χ0v) is 17.5. The molecular weight excluding hydrogens is 380 g/mol. The molecule has 1 aromatic carbocycles. The first kappa shape index (κ1) is 19.4. The van der Waals surface area contributed by atoms with E-state index in [1.807, 2.05) is 59.0 Å². The summed E-state index contributed by atoms with van der Waals surface area (Å²) >= 11 is 2.82. The Morgan fingerprint density at radius 1 is 1.19 bits per heavy atom. The maximum absolute atomic E-state index is 12.5. The van der Waals surface area contributed by atoms with Crippen molar-refractivity contribution in [2.45, 2.75) is 37.3 Å². The van der Waals surface area contributed by atoms with Crippen molar-refractivity contribution < 1.29 is 4.79 Å². The van der Waals surface area contributed by atoms with Crippen molar-refractivity contribution in [3.63, 3.8) is 0 Å². The minimum absolute atomic E-state index is 0.0811. The van der Waals surface area contributed by atoms with Crippen LogP contribution in [0.2, 0.25) is 0 Å². The number of hydrogen-bond donors (Lipinski definition) is 2. The normalized spacial score (nSPS) is 12.0. The highest BCUT2D eigenvalue weighted by Crippen LogP contribution is 2.31.